The molecule has 0 saturated carbocycles. The zero-order valence-electron chi connectivity index (χ0n) is 9.26. The maximum Gasteiger partial charge on any atom is 0.137 e. The molecule has 0 radical (unpaired) electrons. The molecule has 17 heavy (non-hydrogen) atoms. The summed E-state index contributed by atoms with van der Waals surface area (Å²) in [6, 6.07) is 16.8. The normalized spacial score (nSPS) is 9.59. The monoisotopic (exact) mass is 224 g/mol. The highest BCUT2D eigenvalue weighted by molar-refractivity contribution is 5.43. The summed E-state index contributed by atoms with van der Waals surface area (Å²) in [5.41, 5.74) is 7.91. The number of nitrogen functional groups attached to an aromatic ring is 1. The molecule has 2 rings (SSSR count). The third kappa shape index (κ3) is 2.76. The SMILES string of the molecule is N#Cc1ccccc1OCc1cccc(N)c1. The molecule has 0 aliphatic heterocycles. The van der Waals surface area contributed by atoms with Crippen molar-refractivity contribution in [3.8, 4) is 11.8 Å². The van der Waals surface area contributed by atoms with E-state index in [1.54, 1.807) is 12.1 Å². The number of benzene rings is 2. The molecule has 2 aromatic carbocycles. The quantitative estimate of drug-likeness (QED) is 0.815. The number of para-hydroxylation sites is 1. The molecule has 3 nitrogen and oxygen atoms in total. The van der Waals surface area contributed by atoms with Gasteiger partial charge in [0.25, 0.3) is 0 Å². The second kappa shape index (κ2) is 5.04. The number of nitriles is 1. The summed E-state index contributed by atoms with van der Waals surface area (Å²) in [5, 5.41) is 8.91. The van der Waals surface area contributed by atoms with Crippen LogP contribution in [-0.4, -0.2) is 0 Å². The minimum atomic E-state index is 0.406. The first-order valence-corrected chi connectivity index (χ1v) is 5.26. The predicted molar refractivity (Wildman–Crippen MR) is 66.3 cm³/mol. The number of ether oxygens (including phenoxy) is 1. The number of nitrogens with two attached hydrogens (primary N) is 1. The van der Waals surface area contributed by atoms with E-state index in [0.29, 0.717) is 23.6 Å². The summed E-state index contributed by atoms with van der Waals surface area (Å²) < 4.78 is 5.59. The minimum Gasteiger partial charge on any atom is -0.488 e. The molecule has 84 valence electrons. The molecule has 0 aromatic heterocycles. The van der Waals surface area contributed by atoms with Crippen molar-refractivity contribution >= 4 is 5.69 Å². The molecule has 0 fully saturated rings. The Morgan fingerprint density at radius 2 is 1.94 bits per heavy atom. The van der Waals surface area contributed by atoms with E-state index >= 15 is 0 Å². The summed E-state index contributed by atoms with van der Waals surface area (Å²) >= 11 is 0. The predicted octanol–water partition coefficient (Wildman–Crippen LogP) is 2.72. The Bertz CT molecular complexity index is 558. The lowest BCUT2D eigenvalue weighted by molar-refractivity contribution is 0.305. The molecule has 0 saturated heterocycles. The van der Waals surface area contributed by atoms with Crippen LogP contribution >= 0.6 is 0 Å². The topological polar surface area (TPSA) is 59.0 Å². The summed E-state index contributed by atoms with van der Waals surface area (Å²) in [5.74, 6) is 0.595. The summed E-state index contributed by atoms with van der Waals surface area (Å²) in [6.45, 7) is 0.406. The maximum absolute atomic E-state index is 8.91. The van der Waals surface area contributed by atoms with Crippen molar-refractivity contribution < 1.29 is 4.74 Å². The third-order valence-corrected chi connectivity index (χ3v) is 2.35. The number of nitrogens with zero attached hydrogens (tertiary/aromatic N) is 1. The van der Waals surface area contributed by atoms with Crippen LogP contribution in [0.15, 0.2) is 48.5 Å². The molecule has 0 heterocycles. The fourth-order valence-electron chi connectivity index (χ4n) is 1.53. The van der Waals surface area contributed by atoms with Gasteiger partial charge in [0.15, 0.2) is 0 Å². The van der Waals surface area contributed by atoms with Crippen molar-refractivity contribution in [2.75, 3.05) is 5.73 Å². The van der Waals surface area contributed by atoms with Gasteiger partial charge in [0.1, 0.15) is 18.4 Å². The minimum absolute atomic E-state index is 0.406. The van der Waals surface area contributed by atoms with Gasteiger partial charge in [-0.05, 0) is 29.8 Å². The first-order chi connectivity index (χ1) is 8.29. The van der Waals surface area contributed by atoms with Crippen molar-refractivity contribution in [2.24, 2.45) is 0 Å². The molecule has 0 bridgehead atoms. The lowest BCUT2D eigenvalue weighted by Gasteiger charge is -2.07. The van der Waals surface area contributed by atoms with Gasteiger partial charge in [0.2, 0.25) is 0 Å². The number of hydrogen-bond acceptors (Lipinski definition) is 3. The fraction of sp³-hybridized carbons (Fsp3) is 0.0714. The Morgan fingerprint density at radius 1 is 1.12 bits per heavy atom. The van der Waals surface area contributed by atoms with Gasteiger partial charge < -0.3 is 10.5 Å². The van der Waals surface area contributed by atoms with Gasteiger partial charge in [-0.3, -0.25) is 0 Å². The van der Waals surface area contributed by atoms with Crippen LogP contribution in [0.4, 0.5) is 5.69 Å². The molecule has 0 aliphatic carbocycles. The van der Waals surface area contributed by atoms with Gasteiger partial charge in [-0.15, -0.1) is 0 Å². The van der Waals surface area contributed by atoms with Crippen LogP contribution in [0.5, 0.6) is 5.75 Å². The van der Waals surface area contributed by atoms with Crippen LogP contribution < -0.4 is 10.5 Å². The molecule has 0 unspecified atom stereocenters. The van der Waals surface area contributed by atoms with Gasteiger partial charge >= 0.3 is 0 Å². The van der Waals surface area contributed by atoms with E-state index in [4.69, 9.17) is 15.7 Å². The first kappa shape index (κ1) is 11.0. The van der Waals surface area contributed by atoms with E-state index in [1.807, 2.05) is 36.4 Å². The van der Waals surface area contributed by atoms with Gasteiger partial charge in [-0.25, -0.2) is 0 Å². The van der Waals surface area contributed by atoms with E-state index in [1.165, 1.54) is 0 Å². The maximum atomic E-state index is 8.91. The number of hydrogen-bond donors (Lipinski definition) is 1. The summed E-state index contributed by atoms with van der Waals surface area (Å²) in [6.07, 6.45) is 0. The van der Waals surface area contributed by atoms with Crippen molar-refractivity contribution in [3.05, 3.63) is 59.7 Å². The molecule has 0 atom stereocenters. The van der Waals surface area contributed by atoms with Crippen LogP contribution in [-0.2, 0) is 6.61 Å². The summed E-state index contributed by atoms with van der Waals surface area (Å²) in [4.78, 5) is 0. The van der Waals surface area contributed by atoms with E-state index in [0.717, 1.165) is 5.56 Å². The van der Waals surface area contributed by atoms with Gasteiger partial charge in [-0.1, -0.05) is 24.3 Å². The van der Waals surface area contributed by atoms with Gasteiger partial charge in [0.05, 0.1) is 5.56 Å². The van der Waals surface area contributed by atoms with Crippen molar-refractivity contribution in [1.29, 1.82) is 5.26 Å². The average Bonchev–Trinajstić information content (AvgIpc) is 2.37. The highest BCUT2D eigenvalue weighted by Gasteiger charge is 2.02. The van der Waals surface area contributed by atoms with Crippen LogP contribution in [0, 0.1) is 11.3 Å². The molecule has 3 heteroatoms. The van der Waals surface area contributed by atoms with E-state index < -0.39 is 0 Å². The van der Waals surface area contributed by atoms with Crippen LogP contribution in [0.25, 0.3) is 0 Å². The highest BCUT2D eigenvalue weighted by Crippen LogP contribution is 2.18. The molecule has 2 N–H and O–H groups in total. The zero-order valence-corrected chi connectivity index (χ0v) is 9.26. The number of rotatable bonds is 3. The largest absolute Gasteiger partial charge is 0.488 e. The van der Waals surface area contributed by atoms with Crippen LogP contribution in [0.1, 0.15) is 11.1 Å². The average molecular weight is 224 g/mol. The standard InChI is InChI=1S/C14H12N2O/c15-9-12-5-1-2-7-14(12)17-10-11-4-3-6-13(16)8-11/h1-8H,10,16H2. The first-order valence-electron chi connectivity index (χ1n) is 5.26. The summed E-state index contributed by atoms with van der Waals surface area (Å²) in [7, 11) is 0. The van der Waals surface area contributed by atoms with E-state index in [2.05, 4.69) is 6.07 Å². The molecule has 0 amide bonds. The van der Waals surface area contributed by atoms with Crippen LogP contribution in [0.3, 0.4) is 0 Å². The number of anilines is 1. The molecular weight excluding hydrogens is 212 g/mol. The van der Waals surface area contributed by atoms with Crippen LogP contribution in [0.2, 0.25) is 0 Å². The van der Waals surface area contributed by atoms with Gasteiger partial charge in [0, 0.05) is 5.69 Å². The van der Waals surface area contributed by atoms with Gasteiger partial charge in [-0.2, -0.15) is 5.26 Å². The Hall–Kier alpha value is -2.47. The second-order valence-corrected chi connectivity index (χ2v) is 3.64. The zero-order chi connectivity index (χ0) is 12.1. The fourth-order valence-corrected chi connectivity index (χ4v) is 1.53. The Kier molecular flexibility index (Phi) is 3.27. The second-order valence-electron chi connectivity index (χ2n) is 3.64. The molecule has 2 aromatic rings. The lowest BCUT2D eigenvalue weighted by Crippen LogP contribution is -1.98. The lowest BCUT2D eigenvalue weighted by atomic mass is 10.2. The Balaban J connectivity index is 2.10. The Labute approximate surface area is 100 Å². The van der Waals surface area contributed by atoms with Crippen molar-refractivity contribution in [2.45, 2.75) is 6.61 Å². The molecule has 0 spiro atoms. The third-order valence-electron chi connectivity index (χ3n) is 2.35. The Morgan fingerprint density at radius 3 is 2.71 bits per heavy atom. The van der Waals surface area contributed by atoms with E-state index in [-0.39, 0.29) is 0 Å². The van der Waals surface area contributed by atoms with Crippen molar-refractivity contribution in [3.63, 3.8) is 0 Å². The van der Waals surface area contributed by atoms with E-state index in [9.17, 15) is 0 Å². The smallest absolute Gasteiger partial charge is 0.137 e. The molecular formula is C14H12N2O. The molecule has 0 aliphatic rings. The highest BCUT2D eigenvalue weighted by atomic mass is 16.5. The van der Waals surface area contributed by atoms with Crippen molar-refractivity contribution in [1.82, 2.24) is 0 Å².